The van der Waals surface area contributed by atoms with E-state index in [9.17, 15) is 4.79 Å². The Kier molecular flexibility index (Phi) is 20.4. The molecule has 2 nitrogen and oxygen atoms in total. The number of carboxylic acid groups (broad SMARTS) is 1. The number of carbonyl (C=O) groups is 1. The lowest BCUT2D eigenvalue weighted by molar-refractivity contribution is -0.142. The zero-order valence-corrected chi connectivity index (χ0v) is 18.1. The van der Waals surface area contributed by atoms with Crippen molar-refractivity contribution in [3.05, 3.63) is 0 Å². The van der Waals surface area contributed by atoms with Gasteiger partial charge in [0.1, 0.15) is 0 Å². The zero-order chi connectivity index (χ0) is 19.3. The van der Waals surface area contributed by atoms with Gasteiger partial charge in [0.2, 0.25) is 0 Å². The molecule has 26 heavy (non-hydrogen) atoms. The van der Waals surface area contributed by atoms with Crippen LogP contribution < -0.4 is 0 Å². The maximum atomic E-state index is 10.9. The first kappa shape index (κ1) is 25.5. The Morgan fingerprint density at radius 3 is 1.15 bits per heavy atom. The minimum Gasteiger partial charge on any atom is -0.481 e. The van der Waals surface area contributed by atoms with Crippen LogP contribution in [0.15, 0.2) is 0 Å². The van der Waals surface area contributed by atoms with Crippen molar-refractivity contribution < 1.29 is 9.90 Å². The van der Waals surface area contributed by atoms with E-state index in [2.05, 4.69) is 6.92 Å². The van der Waals surface area contributed by atoms with Crippen molar-refractivity contribution in [3.63, 3.8) is 0 Å². The average Bonchev–Trinajstić information content (AvgIpc) is 2.63. The van der Waals surface area contributed by atoms with Crippen LogP contribution in [0.5, 0.6) is 0 Å². The minimum atomic E-state index is -0.612. The van der Waals surface area contributed by atoms with Gasteiger partial charge < -0.3 is 5.11 Å². The lowest BCUT2D eigenvalue weighted by Crippen LogP contribution is -2.12. The van der Waals surface area contributed by atoms with Gasteiger partial charge in [-0.15, -0.1) is 0 Å². The van der Waals surface area contributed by atoms with Crippen molar-refractivity contribution in [2.75, 3.05) is 0 Å². The first-order chi connectivity index (χ1) is 12.7. The number of aliphatic carboxylic acids is 1. The van der Waals surface area contributed by atoms with Crippen molar-refractivity contribution in [1.29, 1.82) is 0 Å². The van der Waals surface area contributed by atoms with Crippen LogP contribution >= 0.6 is 0 Å². The van der Waals surface area contributed by atoms with Crippen LogP contribution in [-0.4, -0.2) is 11.1 Å². The molecule has 0 bridgehead atoms. The molecule has 0 radical (unpaired) electrons. The Morgan fingerprint density at radius 2 is 0.885 bits per heavy atom. The molecule has 1 atom stereocenters. The molecule has 156 valence electrons. The molecule has 0 rings (SSSR count). The van der Waals surface area contributed by atoms with Gasteiger partial charge in [0.15, 0.2) is 0 Å². The molecule has 0 aromatic carbocycles. The lowest BCUT2D eigenvalue weighted by Gasteiger charge is -2.08. The van der Waals surface area contributed by atoms with E-state index in [1.165, 1.54) is 109 Å². The third kappa shape index (κ3) is 18.3. The van der Waals surface area contributed by atoms with Gasteiger partial charge >= 0.3 is 5.97 Å². The predicted octanol–water partition coefficient (Wildman–Crippen LogP) is 8.53. The molecule has 2 heteroatoms. The van der Waals surface area contributed by atoms with Crippen LogP contribution in [0, 0.1) is 5.92 Å². The largest absolute Gasteiger partial charge is 0.481 e. The number of carboxylic acids is 1. The Bertz CT molecular complexity index is 288. The highest BCUT2D eigenvalue weighted by Gasteiger charge is 2.13. The van der Waals surface area contributed by atoms with E-state index >= 15 is 0 Å². The number of rotatable bonds is 21. The summed E-state index contributed by atoms with van der Waals surface area (Å²) in [5.74, 6) is -0.726. The summed E-state index contributed by atoms with van der Waals surface area (Å²) in [5, 5.41) is 9.02. The maximum absolute atomic E-state index is 10.9. The molecular formula is C24H48O2. The van der Waals surface area contributed by atoms with Crippen LogP contribution in [-0.2, 0) is 4.79 Å². The van der Waals surface area contributed by atoms with Crippen LogP contribution in [0.1, 0.15) is 142 Å². The standard InChI is InChI=1S/C24H48O2/c1-3-5-6-7-8-9-10-11-12-13-14-15-16-17-18-19-20-21-22-23(4-2)24(25)26/h23H,3-22H2,1-2H3,(H,25,26). The summed E-state index contributed by atoms with van der Waals surface area (Å²) in [6.45, 7) is 4.26. The summed E-state index contributed by atoms with van der Waals surface area (Å²) in [6, 6.07) is 0. The van der Waals surface area contributed by atoms with Crippen LogP contribution in [0.4, 0.5) is 0 Å². The summed E-state index contributed by atoms with van der Waals surface area (Å²) < 4.78 is 0. The third-order valence-electron chi connectivity index (χ3n) is 5.75. The monoisotopic (exact) mass is 368 g/mol. The second-order valence-corrected chi connectivity index (χ2v) is 8.24. The molecule has 0 spiro atoms. The smallest absolute Gasteiger partial charge is 0.306 e. The van der Waals surface area contributed by atoms with Crippen molar-refractivity contribution in [1.82, 2.24) is 0 Å². The average molecular weight is 369 g/mol. The van der Waals surface area contributed by atoms with Crippen molar-refractivity contribution in [2.45, 2.75) is 142 Å². The van der Waals surface area contributed by atoms with E-state index in [1.807, 2.05) is 6.92 Å². The summed E-state index contributed by atoms with van der Waals surface area (Å²) in [7, 11) is 0. The highest BCUT2D eigenvalue weighted by molar-refractivity contribution is 5.69. The van der Waals surface area contributed by atoms with Gasteiger partial charge in [0.05, 0.1) is 5.92 Å². The number of unbranched alkanes of at least 4 members (excludes halogenated alkanes) is 17. The van der Waals surface area contributed by atoms with E-state index in [1.54, 1.807) is 0 Å². The molecule has 0 saturated heterocycles. The van der Waals surface area contributed by atoms with Gasteiger partial charge in [0.25, 0.3) is 0 Å². The van der Waals surface area contributed by atoms with Gasteiger partial charge in [-0.1, -0.05) is 129 Å². The van der Waals surface area contributed by atoms with E-state index in [0.717, 1.165) is 19.3 Å². The molecule has 0 aromatic heterocycles. The fourth-order valence-corrected chi connectivity index (χ4v) is 3.79. The van der Waals surface area contributed by atoms with Gasteiger partial charge in [-0.3, -0.25) is 4.79 Å². The molecule has 0 aliphatic heterocycles. The molecule has 1 unspecified atom stereocenters. The van der Waals surface area contributed by atoms with Crippen LogP contribution in [0.25, 0.3) is 0 Å². The molecule has 0 amide bonds. The lowest BCUT2D eigenvalue weighted by atomic mass is 9.98. The highest BCUT2D eigenvalue weighted by Crippen LogP contribution is 2.17. The van der Waals surface area contributed by atoms with E-state index < -0.39 is 5.97 Å². The predicted molar refractivity (Wildman–Crippen MR) is 115 cm³/mol. The normalized spacial score (nSPS) is 12.4. The summed E-state index contributed by atoms with van der Waals surface area (Å²) in [6.07, 6.45) is 26.5. The molecule has 0 aliphatic rings. The summed E-state index contributed by atoms with van der Waals surface area (Å²) in [4.78, 5) is 10.9. The van der Waals surface area contributed by atoms with Gasteiger partial charge in [-0.05, 0) is 12.8 Å². The molecule has 0 fully saturated rings. The van der Waals surface area contributed by atoms with Gasteiger partial charge in [-0.2, -0.15) is 0 Å². The highest BCUT2D eigenvalue weighted by atomic mass is 16.4. The zero-order valence-electron chi connectivity index (χ0n) is 18.1. The quantitative estimate of drug-likeness (QED) is 0.206. The number of hydrogen-bond acceptors (Lipinski definition) is 1. The molecule has 0 heterocycles. The Hall–Kier alpha value is -0.530. The maximum Gasteiger partial charge on any atom is 0.306 e. The minimum absolute atomic E-state index is 0.115. The molecule has 0 aliphatic carbocycles. The second-order valence-electron chi connectivity index (χ2n) is 8.24. The first-order valence-corrected chi connectivity index (χ1v) is 11.9. The first-order valence-electron chi connectivity index (χ1n) is 11.9. The third-order valence-corrected chi connectivity index (χ3v) is 5.75. The Balaban J connectivity index is 3.10. The second kappa shape index (κ2) is 20.8. The molecule has 0 aromatic rings. The van der Waals surface area contributed by atoms with E-state index in [-0.39, 0.29) is 5.92 Å². The number of hydrogen-bond donors (Lipinski definition) is 1. The molecule has 1 N–H and O–H groups in total. The summed E-state index contributed by atoms with van der Waals surface area (Å²) in [5.41, 5.74) is 0. The fourth-order valence-electron chi connectivity index (χ4n) is 3.79. The topological polar surface area (TPSA) is 37.3 Å². The van der Waals surface area contributed by atoms with Crippen molar-refractivity contribution in [3.8, 4) is 0 Å². The SMILES string of the molecule is CCCCCCCCCCCCCCCCCCCCC(CC)C(=O)O. The van der Waals surface area contributed by atoms with Crippen LogP contribution in [0.2, 0.25) is 0 Å². The van der Waals surface area contributed by atoms with E-state index in [4.69, 9.17) is 5.11 Å². The summed E-state index contributed by atoms with van der Waals surface area (Å²) >= 11 is 0. The van der Waals surface area contributed by atoms with Crippen molar-refractivity contribution >= 4 is 5.97 Å². The van der Waals surface area contributed by atoms with E-state index in [0.29, 0.717) is 0 Å². The van der Waals surface area contributed by atoms with Gasteiger partial charge in [-0.25, -0.2) is 0 Å². The van der Waals surface area contributed by atoms with Crippen LogP contribution in [0.3, 0.4) is 0 Å². The molecular weight excluding hydrogens is 320 g/mol. The fraction of sp³-hybridized carbons (Fsp3) is 0.958. The van der Waals surface area contributed by atoms with Gasteiger partial charge in [0, 0.05) is 0 Å². The molecule has 0 saturated carbocycles. The Labute approximate surface area is 164 Å². The Morgan fingerprint density at radius 1 is 0.577 bits per heavy atom. The van der Waals surface area contributed by atoms with Crippen molar-refractivity contribution in [2.24, 2.45) is 5.92 Å².